The van der Waals surface area contributed by atoms with Crippen LogP contribution in [-0.2, 0) is 26.1 Å². The van der Waals surface area contributed by atoms with Gasteiger partial charge in [-0.25, -0.2) is 8.42 Å². The van der Waals surface area contributed by atoms with E-state index in [-0.39, 0.29) is 30.3 Å². The zero-order chi connectivity index (χ0) is 23.4. The van der Waals surface area contributed by atoms with Gasteiger partial charge in [0.1, 0.15) is 17.2 Å². The lowest BCUT2D eigenvalue weighted by atomic mass is 10.1. The molecule has 0 spiro atoms. The monoisotopic (exact) mass is 472 g/mol. The van der Waals surface area contributed by atoms with Crippen LogP contribution in [0, 0.1) is 6.92 Å². The highest BCUT2D eigenvalue weighted by atomic mass is 32.2. The van der Waals surface area contributed by atoms with E-state index >= 15 is 0 Å². The number of nitrogens with one attached hydrogen (secondary N) is 1. The number of ether oxygens (including phenoxy) is 2. The number of carbonyl (C=O) groups excluding carboxylic acids is 1. The molecule has 11 nitrogen and oxygen atoms in total. The number of rotatable bonds is 7. The molecule has 0 saturated carbocycles. The topological polar surface area (TPSA) is 129 Å². The number of sulfonamides is 1. The third kappa shape index (κ3) is 5.18. The highest BCUT2D eigenvalue weighted by molar-refractivity contribution is 7.89. The Bertz CT molecular complexity index is 1240. The predicted molar refractivity (Wildman–Crippen MR) is 119 cm³/mol. The van der Waals surface area contributed by atoms with E-state index in [9.17, 15) is 13.2 Å². The Morgan fingerprint density at radius 1 is 1.15 bits per heavy atom. The molecule has 0 radical (unpaired) electrons. The predicted octanol–water partition coefficient (Wildman–Crippen LogP) is 1.32. The number of amides is 1. The van der Waals surface area contributed by atoms with Crippen molar-refractivity contribution in [1.29, 1.82) is 0 Å². The molecular formula is C21H24N6O5S. The largest absolute Gasteiger partial charge is 0.495 e. The minimum Gasteiger partial charge on any atom is -0.495 e. The van der Waals surface area contributed by atoms with Gasteiger partial charge in [0.15, 0.2) is 0 Å². The zero-order valence-electron chi connectivity index (χ0n) is 18.3. The Hall–Kier alpha value is -3.35. The van der Waals surface area contributed by atoms with Gasteiger partial charge in [0.05, 0.1) is 20.3 Å². The molecule has 0 aliphatic carbocycles. The molecule has 33 heavy (non-hydrogen) atoms. The summed E-state index contributed by atoms with van der Waals surface area (Å²) >= 11 is 0. The quantitative estimate of drug-likeness (QED) is 0.545. The minimum absolute atomic E-state index is 0.0229. The molecule has 1 fully saturated rings. The lowest BCUT2D eigenvalue weighted by Gasteiger charge is -2.26. The molecule has 0 bridgehead atoms. The maximum Gasteiger partial charge on any atom is 0.248 e. The maximum atomic E-state index is 13.1. The van der Waals surface area contributed by atoms with E-state index in [0.29, 0.717) is 24.7 Å². The van der Waals surface area contributed by atoms with Crippen molar-refractivity contribution in [2.45, 2.75) is 18.4 Å². The van der Waals surface area contributed by atoms with Crippen LogP contribution in [0.4, 0.5) is 5.69 Å². The number of carbonyl (C=O) groups is 1. The summed E-state index contributed by atoms with van der Waals surface area (Å²) in [6.07, 6.45) is 0. The number of nitrogens with zero attached hydrogens (tertiary/aromatic N) is 5. The van der Waals surface area contributed by atoms with Gasteiger partial charge in [-0.1, -0.05) is 29.8 Å². The third-order valence-corrected chi connectivity index (χ3v) is 7.00. The first-order valence-electron chi connectivity index (χ1n) is 10.3. The molecule has 2 heterocycles. The smallest absolute Gasteiger partial charge is 0.248 e. The number of anilines is 1. The van der Waals surface area contributed by atoms with Gasteiger partial charge in [-0.2, -0.15) is 9.10 Å². The van der Waals surface area contributed by atoms with Crippen LogP contribution in [-0.4, -0.2) is 72.3 Å². The van der Waals surface area contributed by atoms with E-state index in [0.717, 1.165) is 11.1 Å². The molecule has 1 amide bonds. The Kier molecular flexibility index (Phi) is 6.67. The van der Waals surface area contributed by atoms with Gasteiger partial charge < -0.3 is 14.8 Å². The molecule has 1 aromatic heterocycles. The Morgan fingerprint density at radius 3 is 2.58 bits per heavy atom. The van der Waals surface area contributed by atoms with Crippen LogP contribution in [0.3, 0.4) is 0 Å². The number of hydrogen-bond donors (Lipinski definition) is 1. The summed E-state index contributed by atoms with van der Waals surface area (Å²) in [6.45, 7) is 2.96. The zero-order valence-corrected chi connectivity index (χ0v) is 19.1. The molecule has 0 atom stereocenters. The van der Waals surface area contributed by atoms with E-state index in [1.807, 2.05) is 31.2 Å². The summed E-state index contributed by atoms with van der Waals surface area (Å²) in [5.41, 5.74) is 2.21. The van der Waals surface area contributed by atoms with Crippen LogP contribution in [0.15, 0.2) is 47.4 Å². The molecular weight excluding hydrogens is 448 g/mol. The van der Waals surface area contributed by atoms with Gasteiger partial charge in [-0.3, -0.25) is 4.79 Å². The number of benzene rings is 2. The number of tetrazole rings is 1. The summed E-state index contributed by atoms with van der Waals surface area (Å²) in [4.78, 5) is 13.7. The van der Waals surface area contributed by atoms with Gasteiger partial charge >= 0.3 is 0 Å². The first-order valence-corrected chi connectivity index (χ1v) is 11.7. The Balaban J connectivity index is 1.48. The highest BCUT2D eigenvalue weighted by Gasteiger charge is 2.29. The highest BCUT2D eigenvalue weighted by Crippen LogP contribution is 2.30. The van der Waals surface area contributed by atoms with Crippen LogP contribution < -0.4 is 10.1 Å². The normalized spacial score (nSPS) is 14.7. The molecule has 174 valence electrons. The van der Waals surface area contributed by atoms with E-state index in [2.05, 4.69) is 20.7 Å². The van der Waals surface area contributed by atoms with Crippen LogP contribution in [0.25, 0.3) is 11.4 Å². The maximum absolute atomic E-state index is 13.1. The third-order valence-electron chi connectivity index (χ3n) is 5.08. The fourth-order valence-corrected chi connectivity index (χ4v) is 4.93. The second-order valence-corrected chi connectivity index (χ2v) is 9.35. The SMILES string of the molecule is COc1ccc(NC(=O)Cn2nnc(-c3ccc(C)cc3)n2)cc1S(=O)(=O)N1CCOCC1. The van der Waals surface area contributed by atoms with Crippen LogP contribution in [0.1, 0.15) is 5.56 Å². The average molecular weight is 473 g/mol. The number of methoxy groups -OCH3 is 1. The molecule has 0 unspecified atom stereocenters. The Morgan fingerprint density at radius 2 is 1.88 bits per heavy atom. The minimum atomic E-state index is -3.82. The van der Waals surface area contributed by atoms with Crippen molar-refractivity contribution in [3.05, 3.63) is 48.0 Å². The molecule has 1 saturated heterocycles. The van der Waals surface area contributed by atoms with Gasteiger partial charge in [0.2, 0.25) is 21.8 Å². The summed E-state index contributed by atoms with van der Waals surface area (Å²) in [5, 5.41) is 14.8. The van der Waals surface area contributed by atoms with Gasteiger partial charge in [0.25, 0.3) is 0 Å². The Labute approximate surface area is 191 Å². The molecule has 4 rings (SSSR count). The number of aryl methyl sites for hydroxylation is 1. The van der Waals surface area contributed by atoms with Crippen molar-refractivity contribution in [3.8, 4) is 17.1 Å². The summed E-state index contributed by atoms with van der Waals surface area (Å²) in [5.74, 6) is 0.175. The standard InChI is InChI=1S/C21H24N6O5S/c1-15-3-5-16(6-4-15)21-23-25-27(24-21)14-20(28)22-17-7-8-18(31-2)19(13-17)33(29,30)26-9-11-32-12-10-26/h3-8,13H,9-12,14H2,1-2H3,(H,22,28). The fraction of sp³-hybridized carbons (Fsp3) is 0.333. The van der Waals surface area contributed by atoms with Crippen LogP contribution in [0.5, 0.6) is 5.75 Å². The summed E-state index contributed by atoms with van der Waals surface area (Å²) in [7, 11) is -2.42. The average Bonchev–Trinajstić information content (AvgIpc) is 3.28. The van der Waals surface area contributed by atoms with Crippen molar-refractivity contribution >= 4 is 21.6 Å². The van der Waals surface area contributed by atoms with Crippen molar-refractivity contribution in [2.24, 2.45) is 0 Å². The molecule has 12 heteroatoms. The van der Waals surface area contributed by atoms with Gasteiger partial charge in [0, 0.05) is 24.3 Å². The fourth-order valence-electron chi connectivity index (χ4n) is 3.34. The lowest BCUT2D eigenvalue weighted by Crippen LogP contribution is -2.40. The first kappa shape index (κ1) is 22.8. The number of aromatic nitrogens is 4. The summed E-state index contributed by atoms with van der Waals surface area (Å²) in [6, 6.07) is 12.1. The second-order valence-electron chi connectivity index (χ2n) is 7.44. The van der Waals surface area contributed by atoms with Crippen LogP contribution in [0.2, 0.25) is 0 Å². The molecule has 1 aliphatic heterocycles. The van der Waals surface area contributed by atoms with E-state index in [1.165, 1.54) is 28.3 Å². The van der Waals surface area contributed by atoms with Crippen molar-refractivity contribution in [3.63, 3.8) is 0 Å². The second kappa shape index (κ2) is 9.65. The number of morpholine rings is 1. The van der Waals surface area contributed by atoms with Crippen molar-refractivity contribution in [2.75, 3.05) is 38.7 Å². The molecule has 2 aromatic carbocycles. The molecule has 3 aromatic rings. The van der Waals surface area contributed by atoms with Gasteiger partial charge in [-0.15, -0.1) is 10.2 Å². The van der Waals surface area contributed by atoms with Crippen molar-refractivity contribution < 1.29 is 22.7 Å². The van der Waals surface area contributed by atoms with E-state index < -0.39 is 15.9 Å². The van der Waals surface area contributed by atoms with Gasteiger partial charge in [-0.05, 0) is 30.3 Å². The van der Waals surface area contributed by atoms with E-state index in [1.54, 1.807) is 6.07 Å². The molecule has 1 aliphatic rings. The summed E-state index contributed by atoms with van der Waals surface area (Å²) < 4.78 is 38.0. The number of hydrogen-bond acceptors (Lipinski definition) is 8. The molecule has 1 N–H and O–H groups in total. The van der Waals surface area contributed by atoms with Crippen LogP contribution >= 0.6 is 0 Å². The van der Waals surface area contributed by atoms with E-state index in [4.69, 9.17) is 9.47 Å². The lowest BCUT2D eigenvalue weighted by molar-refractivity contribution is -0.117. The first-order chi connectivity index (χ1) is 15.9. The van der Waals surface area contributed by atoms with Crippen molar-refractivity contribution in [1.82, 2.24) is 24.5 Å².